The molecule has 3 atom stereocenters. The van der Waals surface area contributed by atoms with Crippen LogP contribution in [0.4, 0.5) is 0 Å². The summed E-state index contributed by atoms with van der Waals surface area (Å²) in [6.45, 7) is 15.1. The Morgan fingerprint density at radius 2 is 1.79 bits per heavy atom. The average molecular weight is 464 g/mol. The average Bonchev–Trinajstić information content (AvgIpc) is 3.33. The van der Waals surface area contributed by atoms with Gasteiger partial charge < -0.3 is 9.88 Å². The summed E-state index contributed by atoms with van der Waals surface area (Å²) >= 11 is 0. The minimum absolute atomic E-state index is 0.203. The lowest BCUT2D eigenvalue weighted by atomic mass is 9.69. The van der Waals surface area contributed by atoms with Crippen LogP contribution in [0.5, 0.6) is 0 Å². The van der Waals surface area contributed by atoms with Gasteiger partial charge >= 0.3 is 0 Å². The lowest BCUT2D eigenvalue weighted by molar-refractivity contribution is -0.123. The van der Waals surface area contributed by atoms with Gasteiger partial charge in [0.05, 0.1) is 11.0 Å². The van der Waals surface area contributed by atoms with Crippen molar-refractivity contribution >= 4 is 16.9 Å². The molecule has 0 unspecified atom stereocenters. The molecule has 1 amide bonds. The molecule has 2 aromatic rings. The van der Waals surface area contributed by atoms with E-state index in [0.29, 0.717) is 29.2 Å². The third-order valence-electron chi connectivity index (χ3n) is 10.7. The summed E-state index contributed by atoms with van der Waals surface area (Å²) in [5.74, 6) is 3.44. The number of aromatic nitrogens is 2. The third-order valence-corrected chi connectivity index (χ3v) is 10.7. The van der Waals surface area contributed by atoms with Crippen molar-refractivity contribution in [1.82, 2.24) is 14.9 Å². The molecule has 1 N–H and O–H groups in total. The fourth-order valence-electron chi connectivity index (χ4n) is 7.76. The van der Waals surface area contributed by atoms with Crippen LogP contribution in [0.2, 0.25) is 0 Å². The van der Waals surface area contributed by atoms with Crippen molar-refractivity contribution in [2.75, 3.05) is 0 Å². The second-order valence-corrected chi connectivity index (χ2v) is 13.5. The molecule has 0 aliphatic heterocycles. The van der Waals surface area contributed by atoms with Crippen molar-refractivity contribution < 1.29 is 4.79 Å². The Morgan fingerprint density at radius 3 is 2.41 bits per heavy atom. The Balaban J connectivity index is 1.29. The zero-order valence-electron chi connectivity index (χ0n) is 22.3. The van der Waals surface area contributed by atoms with Gasteiger partial charge in [-0.05, 0) is 85.2 Å². The molecular weight excluding hydrogens is 418 g/mol. The van der Waals surface area contributed by atoms with Gasteiger partial charge in [-0.15, -0.1) is 0 Å². The molecular formula is C30H45N3O. The first-order chi connectivity index (χ1) is 16.0. The zero-order chi connectivity index (χ0) is 24.3. The predicted molar refractivity (Wildman–Crippen MR) is 140 cm³/mol. The van der Waals surface area contributed by atoms with Gasteiger partial charge in [-0.1, -0.05) is 53.7 Å². The first kappa shape index (κ1) is 23.9. The van der Waals surface area contributed by atoms with E-state index in [1.807, 2.05) is 0 Å². The van der Waals surface area contributed by atoms with Crippen LogP contribution in [0.1, 0.15) is 105 Å². The monoisotopic (exact) mass is 463 g/mol. The van der Waals surface area contributed by atoms with E-state index in [-0.39, 0.29) is 11.3 Å². The van der Waals surface area contributed by atoms with Crippen LogP contribution < -0.4 is 5.32 Å². The number of hydrogen-bond acceptors (Lipinski definition) is 2. The minimum atomic E-state index is 0.203. The normalized spacial score (nSPS) is 32.9. The van der Waals surface area contributed by atoms with E-state index in [0.717, 1.165) is 30.3 Å². The van der Waals surface area contributed by atoms with Crippen LogP contribution in [0.25, 0.3) is 11.0 Å². The van der Waals surface area contributed by atoms with Crippen LogP contribution in [0.15, 0.2) is 24.3 Å². The zero-order valence-corrected chi connectivity index (χ0v) is 22.3. The van der Waals surface area contributed by atoms with Gasteiger partial charge in [-0.2, -0.15) is 0 Å². The molecule has 186 valence electrons. The van der Waals surface area contributed by atoms with Crippen molar-refractivity contribution in [3.05, 3.63) is 30.1 Å². The van der Waals surface area contributed by atoms with Gasteiger partial charge in [0.25, 0.3) is 0 Å². The van der Waals surface area contributed by atoms with E-state index in [4.69, 9.17) is 4.98 Å². The maximum absolute atomic E-state index is 13.2. The first-order valence-electron chi connectivity index (χ1n) is 13.8. The number of amides is 1. The molecule has 3 fully saturated rings. The molecule has 4 heteroatoms. The molecule has 5 rings (SSSR count). The Kier molecular flexibility index (Phi) is 5.89. The van der Waals surface area contributed by atoms with E-state index in [1.165, 1.54) is 49.9 Å². The number of fused-ring (bicyclic) bond motifs is 3. The number of rotatable bonds is 5. The highest BCUT2D eigenvalue weighted by Gasteiger charge is 2.61. The van der Waals surface area contributed by atoms with Crippen molar-refractivity contribution in [1.29, 1.82) is 0 Å². The molecule has 3 saturated carbocycles. The van der Waals surface area contributed by atoms with Gasteiger partial charge in [0.1, 0.15) is 5.82 Å². The standard InChI is InChI=1S/C30H45N3O/c1-28(2,3)21-13-11-20(12-14-21)27-31-23-9-7-8-10-24(23)33(27)18-16-26(34)32-25-19-22-15-17-30(25,6)29(22,4)5/h7-10,20-22,25H,11-19H2,1-6H3,(H,32,34)/t20?,21?,22-,25-,30+/m1/s1. The fraction of sp³-hybridized carbons (Fsp3) is 0.733. The Bertz CT molecular complexity index is 1050. The lowest BCUT2D eigenvalue weighted by Crippen LogP contribution is -2.47. The van der Waals surface area contributed by atoms with Crippen LogP contribution >= 0.6 is 0 Å². The van der Waals surface area contributed by atoms with Crippen LogP contribution in [-0.2, 0) is 11.3 Å². The van der Waals surface area contributed by atoms with E-state index in [2.05, 4.69) is 75.7 Å². The van der Waals surface area contributed by atoms with Crippen molar-refractivity contribution in [3.63, 3.8) is 0 Å². The van der Waals surface area contributed by atoms with Gasteiger partial charge in [0, 0.05) is 24.9 Å². The summed E-state index contributed by atoms with van der Waals surface area (Å²) in [6, 6.07) is 8.78. The molecule has 0 saturated heterocycles. The van der Waals surface area contributed by atoms with Crippen LogP contribution in [0.3, 0.4) is 0 Å². The molecule has 1 aromatic heterocycles. The fourth-order valence-corrected chi connectivity index (χ4v) is 7.76. The predicted octanol–water partition coefficient (Wildman–Crippen LogP) is 7.08. The summed E-state index contributed by atoms with van der Waals surface area (Å²) in [4.78, 5) is 18.3. The van der Waals surface area contributed by atoms with E-state index >= 15 is 0 Å². The number of aryl methyl sites for hydroxylation is 1. The molecule has 2 bridgehead atoms. The number of imidazole rings is 1. The third kappa shape index (κ3) is 3.89. The highest BCUT2D eigenvalue weighted by molar-refractivity contribution is 5.78. The van der Waals surface area contributed by atoms with Gasteiger partial charge in [-0.3, -0.25) is 4.79 Å². The summed E-state index contributed by atoms with van der Waals surface area (Å²) in [5.41, 5.74) is 3.18. The molecule has 3 aliphatic carbocycles. The number of nitrogens with one attached hydrogen (secondary N) is 1. The second kappa shape index (κ2) is 8.38. The summed E-state index contributed by atoms with van der Waals surface area (Å²) in [5, 5.41) is 3.47. The van der Waals surface area contributed by atoms with Gasteiger partial charge in [0.2, 0.25) is 5.91 Å². The number of para-hydroxylation sites is 2. The lowest BCUT2D eigenvalue weighted by Gasteiger charge is -2.39. The maximum Gasteiger partial charge on any atom is 0.222 e. The van der Waals surface area contributed by atoms with Crippen molar-refractivity contribution in [2.45, 2.75) is 111 Å². The summed E-state index contributed by atoms with van der Waals surface area (Å²) in [6.07, 6.45) is 9.18. The molecule has 0 spiro atoms. The Hall–Kier alpha value is -1.84. The minimum Gasteiger partial charge on any atom is -0.353 e. The number of carbonyl (C=O) groups excluding carboxylic acids is 1. The smallest absolute Gasteiger partial charge is 0.222 e. The van der Waals surface area contributed by atoms with E-state index in [1.54, 1.807) is 0 Å². The topological polar surface area (TPSA) is 46.9 Å². The number of nitrogens with zero attached hydrogens (tertiary/aromatic N) is 2. The number of hydrogen-bond donors (Lipinski definition) is 1. The van der Waals surface area contributed by atoms with Gasteiger partial charge in [0.15, 0.2) is 0 Å². The molecule has 34 heavy (non-hydrogen) atoms. The second-order valence-electron chi connectivity index (χ2n) is 13.5. The molecule has 4 nitrogen and oxygen atoms in total. The molecule has 1 heterocycles. The highest BCUT2D eigenvalue weighted by atomic mass is 16.1. The molecule has 1 aromatic carbocycles. The van der Waals surface area contributed by atoms with Crippen LogP contribution in [0, 0.1) is 28.1 Å². The molecule has 3 aliphatic rings. The van der Waals surface area contributed by atoms with Crippen molar-refractivity contribution in [2.24, 2.45) is 28.1 Å². The van der Waals surface area contributed by atoms with Crippen molar-refractivity contribution in [3.8, 4) is 0 Å². The highest BCUT2D eigenvalue weighted by Crippen LogP contribution is 2.65. The van der Waals surface area contributed by atoms with Crippen LogP contribution in [-0.4, -0.2) is 21.5 Å². The number of benzene rings is 1. The molecule has 0 radical (unpaired) electrons. The SMILES string of the molecule is CC(C)(C)C1CCC(c2nc3ccccc3n2CCC(=O)N[C@@H]2C[C@H]3CC[C@]2(C)C3(C)C)CC1. The maximum atomic E-state index is 13.2. The van der Waals surface area contributed by atoms with E-state index in [9.17, 15) is 4.79 Å². The summed E-state index contributed by atoms with van der Waals surface area (Å²) < 4.78 is 2.36. The Labute approximate surface area is 206 Å². The van der Waals surface area contributed by atoms with Gasteiger partial charge in [-0.25, -0.2) is 4.98 Å². The number of carbonyl (C=O) groups is 1. The summed E-state index contributed by atoms with van der Waals surface area (Å²) in [7, 11) is 0. The first-order valence-corrected chi connectivity index (χ1v) is 13.8. The van der Waals surface area contributed by atoms with E-state index < -0.39 is 0 Å². The quantitative estimate of drug-likeness (QED) is 0.515. The Morgan fingerprint density at radius 1 is 1.09 bits per heavy atom. The largest absolute Gasteiger partial charge is 0.353 e.